The largest absolute Gasteiger partial charge is 0.494 e. The van der Waals surface area contributed by atoms with Crippen molar-refractivity contribution in [1.29, 1.82) is 0 Å². The van der Waals surface area contributed by atoms with E-state index < -0.39 is 18.0 Å². The quantitative estimate of drug-likeness (QED) is 0.419. The van der Waals surface area contributed by atoms with Gasteiger partial charge in [-0.15, -0.1) is 10.2 Å². The monoisotopic (exact) mass is 493 g/mol. The van der Waals surface area contributed by atoms with Crippen molar-refractivity contribution in [1.82, 2.24) is 29.8 Å². The molecule has 35 heavy (non-hydrogen) atoms. The maximum Gasteiger partial charge on any atom is 0.280 e. The van der Waals surface area contributed by atoms with Crippen LogP contribution < -0.4 is 10.1 Å². The van der Waals surface area contributed by atoms with Gasteiger partial charge in [-0.05, 0) is 42.7 Å². The highest BCUT2D eigenvalue weighted by atomic mass is 32.1. The van der Waals surface area contributed by atoms with Crippen molar-refractivity contribution in [2.24, 2.45) is 11.3 Å². The summed E-state index contributed by atoms with van der Waals surface area (Å²) in [5, 5.41) is 15.7. The third-order valence-electron chi connectivity index (χ3n) is 6.36. The van der Waals surface area contributed by atoms with Crippen molar-refractivity contribution >= 4 is 28.0 Å². The highest BCUT2D eigenvalue weighted by Gasteiger charge is 2.62. The molecule has 1 atom stereocenters. The molecular formula is C23H17F2N7O2S. The van der Waals surface area contributed by atoms with Crippen LogP contribution >= 0.6 is 11.3 Å². The Balaban J connectivity index is 1.34. The van der Waals surface area contributed by atoms with E-state index in [1.165, 1.54) is 66.7 Å². The highest BCUT2D eigenvalue weighted by molar-refractivity contribution is 7.15. The zero-order valence-corrected chi connectivity index (χ0v) is 19.1. The van der Waals surface area contributed by atoms with Gasteiger partial charge in [0.25, 0.3) is 12.3 Å². The van der Waals surface area contributed by atoms with Crippen molar-refractivity contribution in [3.05, 3.63) is 47.1 Å². The molecule has 0 radical (unpaired) electrons. The fourth-order valence-corrected chi connectivity index (χ4v) is 4.72. The number of ether oxygens (including phenoxy) is 1. The average Bonchev–Trinajstić information content (AvgIpc) is 3.65. The Labute approximate surface area is 201 Å². The summed E-state index contributed by atoms with van der Waals surface area (Å²) in [6.07, 6.45) is 4.93. The Morgan fingerprint density at radius 2 is 2.14 bits per heavy atom. The molecule has 4 aromatic rings. The van der Waals surface area contributed by atoms with E-state index in [9.17, 15) is 13.6 Å². The molecule has 2 aliphatic carbocycles. The van der Waals surface area contributed by atoms with Gasteiger partial charge in [0, 0.05) is 23.2 Å². The number of hydrogen-bond donors (Lipinski definition) is 1. The number of amides is 1. The summed E-state index contributed by atoms with van der Waals surface area (Å²) in [7, 11) is 1.40. The van der Waals surface area contributed by atoms with Gasteiger partial charge in [0.15, 0.2) is 10.7 Å². The van der Waals surface area contributed by atoms with Crippen LogP contribution in [0.3, 0.4) is 0 Å². The number of hydrogen-bond acceptors (Lipinski definition) is 8. The lowest BCUT2D eigenvalue weighted by Crippen LogP contribution is -2.14. The molecule has 1 unspecified atom stereocenters. The number of pyridine rings is 2. The second kappa shape index (κ2) is 8.06. The first-order valence-corrected chi connectivity index (χ1v) is 11.6. The summed E-state index contributed by atoms with van der Waals surface area (Å²) in [6, 6.07) is 2.71. The number of fused-ring (bicyclic) bond motifs is 1. The van der Waals surface area contributed by atoms with Crippen molar-refractivity contribution in [2.75, 3.05) is 12.4 Å². The number of rotatable bonds is 5. The van der Waals surface area contributed by atoms with Gasteiger partial charge in [0.05, 0.1) is 18.9 Å². The predicted octanol–water partition coefficient (Wildman–Crippen LogP) is 3.99. The topological polar surface area (TPSA) is 107 Å². The second-order valence-electron chi connectivity index (χ2n) is 8.53. The number of halogens is 2. The molecule has 2 fully saturated rings. The Bertz CT molecular complexity index is 1530. The van der Waals surface area contributed by atoms with Crippen LogP contribution in [0.1, 0.15) is 46.7 Å². The van der Waals surface area contributed by atoms with E-state index in [-0.39, 0.29) is 22.0 Å². The van der Waals surface area contributed by atoms with Crippen LogP contribution in [0.15, 0.2) is 30.9 Å². The SMILES string of the molecule is COc1cnc(C(F)F)cc1-c1cn2ncnc2cc1C(=O)Nc1nnc(C#CC2CC23CC3)s1. The second-order valence-corrected chi connectivity index (χ2v) is 9.51. The highest BCUT2D eigenvalue weighted by Crippen LogP contribution is 2.70. The number of nitrogens with one attached hydrogen (secondary N) is 1. The molecule has 12 heteroatoms. The van der Waals surface area contributed by atoms with E-state index in [0.717, 1.165) is 6.42 Å². The molecule has 1 amide bonds. The molecule has 176 valence electrons. The molecule has 9 nitrogen and oxygen atoms in total. The minimum Gasteiger partial charge on any atom is -0.494 e. The van der Waals surface area contributed by atoms with Gasteiger partial charge in [-0.3, -0.25) is 15.1 Å². The molecule has 0 bridgehead atoms. The number of alkyl halides is 2. The smallest absolute Gasteiger partial charge is 0.280 e. The Morgan fingerprint density at radius 1 is 1.29 bits per heavy atom. The number of anilines is 1. The van der Waals surface area contributed by atoms with Crippen LogP contribution in [0.5, 0.6) is 5.75 Å². The molecule has 0 saturated heterocycles. The van der Waals surface area contributed by atoms with Gasteiger partial charge in [-0.1, -0.05) is 17.3 Å². The van der Waals surface area contributed by atoms with Crippen molar-refractivity contribution in [3.63, 3.8) is 0 Å². The van der Waals surface area contributed by atoms with Gasteiger partial charge in [0.2, 0.25) is 5.13 Å². The summed E-state index contributed by atoms with van der Waals surface area (Å²) in [5.74, 6) is 6.45. The lowest BCUT2D eigenvalue weighted by atomic mass is 10.0. The van der Waals surface area contributed by atoms with Crippen LogP contribution in [-0.4, -0.2) is 42.8 Å². The summed E-state index contributed by atoms with van der Waals surface area (Å²) in [6.45, 7) is 0. The first-order chi connectivity index (χ1) is 17.0. The van der Waals surface area contributed by atoms with Gasteiger partial charge in [0.1, 0.15) is 17.8 Å². The summed E-state index contributed by atoms with van der Waals surface area (Å²) < 4.78 is 33.5. The summed E-state index contributed by atoms with van der Waals surface area (Å²) in [5.41, 5.74) is 1.19. The average molecular weight is 493 g/mol. The van der Waals surface area contributed by atoms with Crippen LogP contribution in [0.4, 0.5) is 13.9 Å². The first-order valence-electron chi connectivity index (χ1n) is 10.8. The Morgan fingerprint density at radius 3 is 2.89 bits per heavy atom. The van der Waals surface area contributed by atoms with E-state index in [4.69, 9.17) is 4.74 Å². The molecule has 2 aliphatic rings. The van der Waals surface area contributed by atoms with Crippen molar-refractivity contribution in [2.45, 2.75) is 25.7 Å². The minimum atomic E-state index is -2.79. The zero-order valence-electron chi connectivity index (χ0n) is 18.3. The number of aromatic nitrogens is 6. The van der Waals surface area contributed by atoms with E-state index in [1.54, 1.807) is 0 Å². The number of carbonyl (C=O) groups excluding carboxylic acids is 1. The fraction of sp³-hybridized carbons (Fsp3) is 0.304. The lowest BCUT2D eigenvalue weighted by molar-refractivity contribution is 0.102. The summed E-state index contributed by atoms with van der Waals surface area (Å²) >= 11 is 1.17. The molecule has 1 N–H and O–H groups in total. The molecule has 1 spiro atoms. The van der Waals surface area contributed by atoms with Crippen LogP contribution in [0.25, 0.3) is 16.8 Å². The van der Waals surface area contributed by atoms with E-state index in [0.29, 0.717) is 27.6 Å². The third-order valence-corrected chi connectivity index (χ3v) is 7.12. The van der Waals surface area contributed by atoms with Gasteiger partial charge >= 0.3 is 0 Å². The van der Waals surface area contributed by atoms with E-state index in [2.05, 4.69) is 42.4 Å². The van der Waals surface area contributed by atoms with Gasteiger partial charge in [-0.2, -0.15) is 5.10 Å². The van der Waals surface area contributed by atoms with Crippen LogP contribution in [0.2, 0.25) is 0 Å². The molecular weight excluding hydrogens is 476 g/mol. The molecule has 4 heterocycles. The third kappa shape index (κ3) is 3.97. The van der Waals surface area contributed by atoms with E-state index >= 15 is 0 Å². The number of nitrogens with zero attached hydrogens (tertiary/aromatic N) is 6. The maximum absolute atomic E-state index is 13.4. The van der Waals surface area contributed by atoms with Gasteiger partial charge < -0.3 is 4.74 Å². The first kappa shape index (κ1) is 21.5. The van der Waals surface area contributed by atoms with E-state index in [1.807, 2.05) is 0 Å². The normalized spacial score (nSPS) is 17.3. The van der Waals surface area contributed by atoms with Crippen LogP contribution in [0, 0.1) is 23.2 Å². The van der Waals surface area contributed by atoms with Crippen LogP contribution in [-0.2, 0) is 0 Å². The van der Waals surface area contributed by atoms with Gasteiger partial charge in [-0.25, -0.2) is 18.3 Å². The van der Waals surface area contributed by atoms with Crippen molar-refractivity contribution < 1.29 is 18.3 Å². The minimum absolute atomic E-state index is 0.173. The molecule has 0 aliphatic heterocycles. The molecule has 2 saturated carbocycles. The van der Waals surface area contributed by atoms with Crippen molar-refractivity contribution in [3.8, 4) is 28.7 Å². The maximum atomic E-state index is 13.4. The number of carbonyl (C=O) groups is 1. The Kier molecular flexibility index (Phi) is 4.96. The lowest BCUT2D eigenvalue weighted by Gasteiger charge is -2.14. The standard InChI is InChI=1S/C23H17F2N7O2S/c1-34-17-9-26-16(20(24)25)6-13(17)15-10-32-18(27-11-28-32)7-14(15)21(33)29-22-31-30-19(35-22)3-2-12-8-23(12)4-5-23/h6-7,9-12,20H,4-5,8H2,1H3,(H,29,31,33). The fourth-order valence-electron chi connectivity index (χ4n) is 4.12. The zero-order chi connectivity index (χ0) is 24.2. The summed E-state index contributed by atoms with van der Waals surface area (Å²) in [4.78, 5) is 21.2. The molecule has 0 aromatic carbocycles. The number of methoxy groups -OCH3 is 1. The predicted molar refractivity (Wildman–Crippen MR) is 122 cm³/mol. The molecule has 6 rings (SSSR count). The molecule has 4 aromatic heterocycles. The Hall–Kier alpha value is -3.98.